The number of rotatable bonds is 8. The summed E-state index contributed by atoms with van der Waals surface area (Å²) >= 11 is 0. The number of aromatic nitrogens is 2. The van der Waals surface area contributed by atoms with E-state index in [1.807, 2.05) is 0 Å². The summed E-state index contributed by atoms with van der Waals surface area (Å²) in [4.78, 5) is 0. The smallest absolute Gasteiger partial charge is 0.0627 e. The standard InChI is InChI=1S/C18H33N3/c1-4-19-14-16(12-15(2)3)13-17-10-11-21(20-17)18-8-6-5-7-9-18/h10-11,15-16,18-19H,4-9,12-14H2,1-3H3. The minimum absolute atomic E-state index is 0.657. The predicted octanol–water partition coefficient (Wildman–Crippen LogP) is 4.20. The van der Waals surface area contributed by atoms with Crippen LogP contribution in [0.5, 0.6) is 0 Å². The maximum absolute atomic E-state index is 4.88. The molecule has 1 N–H and O–H groups in total. The van der Waals surface area contributed by atoms with E-state index in [2.05, 4.69) is 43.0 Å². The molecule has 2 rings (SSSR count). The first kappa shape index (κ1) is 16.5. The first-order chi connectivity index (χ1) is 10.2. The zero-order valence-electron chi connectivity index (χ0n) is 14.1. The summed E-state index contributed by atoms with van der Waals surface area (Å²) in [6.45, 7) is 9.00. The van der Waals surface area contributed by atoms with Gasteiger partial charge in [0.2, 0.25) is 0 Å². The van der Waals surface area contributed by atoms with Gasteiger partial charge in [-0.25, -0.2) is 0 Å². The molecule has 0 bridgehead atoms. The maximum Gasteiger partial charge on any atom is 0.0627 e. The van der Waals surface area contributed by atoms with Crippen molar-refractivity contribution in [2.45, 2.75) is 71.8 Å². The molecule has 0 saturated heterocycles. The lowest BCUT2D eigenvalue weighted by atomic mass is 9.93. The number of hydrogen-bond acceptors (Lipinski definition) is 2. The summed E-state index contributed by atoms with van der Waals surface area (Å²) < 4.78 is 2.24. The molecule has 1 heterocycles. The fourth-order valence-electron chi connectivity index (χ4n) is 3.58. The number of nitrogens with one attached hydrogen (secondary N) is 1. The first-order valence-corrected chi connectivity index (χ1v) is 8.93. The third-order valence-corrected chi connectivity index (χ3v) is 4.60. The van der Waals surface area contributed by atoms with Crippen LogP contribution in [0.4, 0.5) is 0 Å². The Bertz CT molecular complexity index is 391. The van der Waals surface area contributed by atoms with Crippen LogP contribution >= 0.6 is 0 Å². The zero-order chi connectivity index (χ0) is 15.1. The van der Waals surface area contributed by atoms with Crippen LogP contribution in [0.15, 0.2) is 12.3 Å². The molecular formula is C18H33N3. The third kappa shape index (κ3) is 5.46. The Labute approximate surface area is 130 Å². The van der Waals surface area contributed by atoms with Gasteiger partial charge in [-0.15, -0.1) is 0 Å². The van der Waals surface area contributed by atoms with Crippen molar-refractivity contribution in [2.75, 3.05) is 13.1 Å². The average molecular weight is 291 g/mol. The lowest BCUT2D eigenvalue weighted by molar-refractivity contribution is 0.325. The van der Waals surface area contributed by atoms with Crippen molar-refractivity contribution in [1.29, 1.82) is 0 Å². The lowest BCUT2D eigenvalue weighted by Gasteiger charge is -2.22. The SMILES string of the molecule is CCNCC(Cc1ccn(C2CCCCC2)n1)CC(C)C. The molecule has 1 unspecified atom stereocenters. The summed E-state index contributed by atoms with van der Waals surface area (Å²) in [5.41, 5.74) is 1.28. The lowest BCUT2D eigenvalue weighted by Crippen LogP contribution is -2.25. The van der Waals surface area contributed by atoms with Crippen LogP contribution in [0.25, 0.3) is 0 Å². The van der Waals surface area contributed by atoms with E-state index >= 15 is 0 Å². The van der Waals surface area contributed by atoms with Crippen LogP contribution in [-0.2, 0) is 6.42 Å². The Balaban J connectivity index is 1.91. The summed E-state index contributed by atoms with van der Waals surface area (Å²) in [6.07, 6.45) is 11.4. The van der Waals surface area contributed by atoms with Crippen molar-refractivity contribution in [3.05, 3.63) is 18.0 Å². The van der Waals surface area contributed by atoms with Gasteiger partial charge in [0.25, 0.3) is 0 Å². The van der Waals surface area contributed by atoms with Crippen LogP contribution < -0.4 is 5.32 Å². The van der Waals surface area contributed by atoms with E-state index in [1.165, 1.54) is 44.2 Å². The van der Waals surface area contributed by atoms with E-state index in [9.17, 15) is 0 Å². The van der Waals surface area contributed by atoms with Crippen molar-refractivity contribution in [3.63, 3.8) is 0 Å². The summed E-state index contributed by atoms with van der Waals surface area (Å²) in [5, 5.41) is 8.39. The van der Waals surface area contributed by atoms with Crippen molar-refractivity contribution in [3.8, 4) is 0 Å². The van der Waals surface area contributed by atoms with Gasteiger partial charge in [-0.3, -0.25) is 4.68 Å². The Morgan fingerprint density at radius 1 is 1.29 bits per heavy atom. The Hall–Kier alpha value is -0.830. The van der Waals surface area contributed by atoms with E-state index in [0.29, 0.717) is 12.0 Å². The van der Waals surface area contributed by atoms with Crippen LogP contribution in [0.1, 0.15) is 71.0 Å². The first-order valence-electron chi connectivity index (χ1n) is 8.93. The van der Waals surface area contributed by atoms with Gasteiger partial charge in [0.15, 0.2) is 0 Å². The van der Waals surface area contributed by atoms with Gasteiger partial charge < -0.3 is 5.32 Å². The molecule has 0 aromatic carbocycles. The van der Waals surface area contributed by atoms with E-state index in [0.717, 1.165) is 25.4 Å². The summed E-state index contributed by atoms with van der Waals surface area (Å²) in [7, 11) is 0. The highest BCUT2D eigenvalue weighted by Crippen LogP contribution is 2.27. The highest BCUT2D eigenvalue weighted by atomic mass is 15.3. The number of nitrogens with zero attached hydrogens (tertiary/aromatic N) is 2. The fraction of sp³-hybridized carbons (Fsp3) is 0.833. The topological polar surface area (TPSA) is 29.9 Å². The van der Waals surface area contributed by atoms with Crippen molar-refractivity contribution >= 4 is 0 Å². The van der Waals surface area contributed by atoms with E-state index in [1.54, 1.807) is 0 Å². The molecule has 1 aliphatic carbocycles. The summed E-state index contributed by atoms with van der Waals surface area (Å²) in [6, 6.07) is 2.90. The maximum atomic E-state index is 4.88. The van der Waals surface area contributed by atoms with E-state index in [4.69, 9.17) is 5.10 Å². The highest BCUT2D eigenvalue weighted by Gasteiger charge is 2.17. The molecular weight excluding hydrogens is 258 g/mol. The zero-order valence-corrected chi connectivity index (χ0v) is 14.1. The second-order valence-electron chi connectivity index (χ2n) is 7.09. The molecule has 3 heteroatoms. The largest absolute Gasteiger partial charge is 0.317 e. The van der Waals surface area contributed by atoms with Crippen molar-refractivity contribution in [2.24, 2.45) is 11.8 Å². The molecule has 0 spiro atoms. The van der Waals surface area contributed by atoms with E-state index in [-0.39, 0.29) is 0 Å². The van der Waals surface area contributed by atoms with Gasteiger partial charge in [-0.1, -0.05) is 40.0 Å². The minimum Gasteiger partial charge on any atom is -0.317 e. The Morgan fingerprint density at radius 2 is 2.05 bits per heavy atom. The molecule has 1 atom stereocenters. The van der Waals surface area contributed by atoms with E-state index < -0.39 is 0 Å². The molecule has 1 aromatic heterocycles. The van der Waals surface area contributed by atoms with Gasteiger partial charge in [-0.05, 0) is 56.7 Å². The second-order valence-corrected chi connectivity index (χ2v) is 7.09. The third-order valence-electron chi connectivity index (χ3n) is 4.60. The second kappa shape index (κ2) is 8.57. The van der Waals surface area contributed by atoms with Gasteiger partial charge in [0.05, 0.1) is 11.7 Å². The molecule has 1 aromatic rings. The van der Waals surface area contributed by atoms with Crippen LogP contribution in [0.2, 0.25) is 0 Å². The predicted molar refractivity (Wildman–Crippen MR) is 89.5 cm³/mol. The fourth-order valence-corrected chi connectivity index (χ4v) is 3.58. The molecule has 3 nitrogen and oxygen atoms in total. The Kier molecular flexibility index (Phi) is 6.75. The Morgan fingerprint density at radius 3 is 2.71 bits per heavy atom. The molecule has 1 saturated carbocycles. The van der Waals surface area contributed by atoms with Crippen LogP contribution in [0.3, 0.4) is 0 Å². The molecule has 120 valence electrons. The highest BCUT2D eigenvalue weighted by molar-refractivity contribution is 5.01. The normalized spacial score (nSPS) is 18.3. The molecule has 1 fully saturated rings. The average Bonchev–Trinajstić information content (AvgIpc) is 2.93. The molecule has 21 heavy (non-hydrogen) atoms. The van der Waals surface area contributed by atoms with Crippen LogP contribution in [0, 0.1) is 11.8 Å². The van der Waals surface area contributed by atoms with Gasteiger partial charge >= 0.3 is 0 Å². The summed E-state index contributed by atoms with van der Waals surface area (Å²) in [5.74, 6) is 1.47. The quantitative estimate of drug-likeness (QED) is 0.778. The van der Waals surface area contributed by atoms with Crippen molar-refractivity contribution in [1.82, 2.24) is 15.1 Å². The molecule has 0 radical (unpaired) electrons. The molecule has 0 aliphatic heterocycles. The van der Waals surface area contributed by atoms with Gasteiger partial charge in [-0.2, -0.15) is 5.10 Å². The van der Waals surface area contributed by atoms with Gasteiger partial charge in [0, 0.05) is 6.20 Å². The van der Waals surface area contributed by atoms with Crippen LogP contribution in [-0.4, -0.2) is 22.9 Å². The molecule has 1 aliphatic rings. The van der Waals surface area contributed by atoms with Crippen molar-refractivity contribution < 1.29 is 0 Å². The number of hydrogen-bond donors (Lipinski definition) is 1. The molecule has 0 amide bonds. The minimum atomic E-state index is 0.657. The monoisotopic (exact) mass is 291 g/mol. The van der Waals surface area contributed by atoms with Gasteiger partial charge in [0.1, 0.15) is 0 Å².